The first-order chi connectivity index (χ1) is 7.66. The number of nitrogens with zero attached hydrogens (tertiary/aromatic N) is 1. The van der Waals surface area contributed by atoms with Crippen LogP contribution in [0.2, 0.25) is 0 Å². The Morgan fingerprint density at radius 2 is 1.94 bits per heavy atom. The molecule has 0 radical (unpaired) electrons. The molecular weight excluding hydrogens is 200 g/mol. The second kappa shape index (κ2) is 4.07. The minimum absolute atomic E-state index is 0.120. The van der Waals surface area contributed by atoms with Gasteiger partial charge in [-0.05, 0) is 18.4 Å². The van der Waals surface area contributed by atoms with Crippen molar-refractivity contribution in [1.29, 1.82) is 0 Å². The van der Waals surface area contributed by atoms with Gasteiger partial charge in [0.25, 0.3) is 0 Å². The van der Waals surface area contributed by atoms with Gasteiger partial charge >= 0.3 is 0 Å². The molecule has 0 aromatic heterocycles. The maximum absolute atomic E-state index is 11.9. The van der Waals surface area contributed by atoms with Crippen LogP contribution >= 0.6 is 0 Å². The van der Waals surface area contributed by atoms with Gasteiger partial charge in [-0.2, -0.15) is 0 Å². The number of nitrogens with two attached hydrogens (primary N) is 1. The van der Waals surface area contributed by atoms with Gasteiger partial charge in [-0.1, -0.05) is 30.7 Å². The summed E-state index contributed by atoms with van der Waals surface area (Å²) >= 11 is 0. The van der Waals surface area contributed by atoms with Crippen LogP contribution in [0.4, 0.5) is 5.69 Å². The third-order valence-corrected chi connectivity index (χ3v) is 3.23. The normalized spacial score (nSPS) is 25.1. The molecule has 3 nitrogen and oxygen atoms in total. The van der Waals surface area contributed by atoms with E-state index in [4.69, 9.17) is 12.3 Å². The molecule has 0 heterocycles. The molecule has 1 aromatic rings. The summed E-state index contributed by atoms with van der Waals surface area (Å²) in [4.78, 5) is 15.2. The lowest BCUT2D eigenvalue weighted by Crippen LogP contribution is -2.46. The summed E-state index contributed by atoms with van der Waals surface area (Å²) in [6, 6.07) is 7.05. The van der Waals surface area contributed by atoms with Crippen molar-refractivity contribution in [1.82, 2.24) is 0 Å². The van der Waals surface area contributed by atoms with Crippen LogP contribution in [0.3, 0.4) is 0 Å². The minimum Gasteiger partial charge on any atom is -0.315 e. The van der Waals surface area contributed by atoms with Gasteiger partial charge in [-0.3, -0.25) is 4.79 Å². The highest BCUT2D eigenvalue weighted by Gasteiger charge is 2.37. The number of rotatable bonds is 1. The predicted molar refractivity (Wildman–Crippen MR) is 62.0 cm³/mol. The highest BCUT2D eigenvalue weighted by molar-refractivity contribution is 5.90. The topological polar surface area (TPSA) is 47.5 Å². The molecule has 1 aromatic carbocycles. The number of benzene rings is 1. The van der Waals surface area contributed by atoms with Crippen LogP contribution in [0.5, 0.6) is 0 Å². The van der Waals surface area contributed by atoms with Crippen molar-refractivity contribution in [3.05, 3.63) is 41.2 Å². The van der Waals surface area contributed by atoms with Gasteiger partial charge in [0.15, 0.2) is 11.5 Å². The molecule has 1 atom stereocenters. The zero-order chi connectivity index (χ0) is 11.6. The van der Waals surface area contributed by atoms with Gasteiger partial charge in [0.05, 0.1) is 6.57 Å². The van der Waals surface area contributed by atoms with Crippen LogP contribution in [0.25, 0.3) is 4.85 Å². The molecular formula is C13H14N2O. The van der Waals surface area contributed by atoms with Gasteiger partial charge in [-0.25, -0.2) is 4.85 Å². The van der Waals surface area contributed by atoms with Gasteiger partial charge in [0.2, 0.25) is 0 Å². The molecule has 1 saturated carbocycles. The highest BCUT2D eigenvalue weighted by Crippen LogP contribution is 2.32. The predicted octanol–water partition coefficient (Wildman–Crippen LogP) is 2.53. The zero-order valence-electron chi connectivity index (χ0n) is 9.07. The number of carbonyl (C=O) groups excluding carboxylic acids is 1. The summed E-state index contributed by atoms with van der Waals surface area (Å²) in [5, 5.41) is 0. The van der Waals surface area contributed by atoms with Gasteiger partial charge in [-0.15, -0.1) is 0 Å². The SMILES string of the molecule is [C-]#[N+]c1ccc(C2(N)CCCCC2=O)cc1. The molecule has 1 fully saturated rings. The first-order valence-electron chi connectivity index (χ1n) is 5.47. The monoisotopic (exact) mass is 214 g/mol. The van der Waals surface area contributed by atoms with E-state index in [1.807, 2.05) is 0 Å². The van der Waals surface area contributed by atoms with Gasteiger partial charge in [0, 0.05) is 6.42 Å². The van der Waals surface area contributed by atoms with E-state index in [9.17, 15) is 4.79 Å². The third-order valence-electron chi connectivity index (χ3n) is 3.23. The Morgan fingerprint density at radius 1 is 1.25 bits per heavy atom. The Bertz CT molecular complexity index is 444. The van der Waals surface area contributed by atoms with E-state index in [0.717, 1.165) is 18.4 Å². The average Bonchev–Trinajstić information content (AvgIpc) is 2.33. The van der Waals surface area contributed by atoms with E-state index in [1.54, 1.807) is 24.3 Å². The van der Waals surface area contributed by atoms with E-state index in [0.29, 0.717) is 18.5 Å². The van der Waals surface area contributed by atoms with Crippen LogP contribution in [-0.4, -0.2) is 5.78 Å². The fourth-order valence-electron chi connectivity index (χ4n) is 2.19. The zero-order valence-corrected chi connectivity index (χ0v) is 9.07. The number of hydrogen-bond donors (Lipinski definition) is 1. The van der Waals surface area contributed by atoms with Crippen LogP contribution in [0.1, 0.15) is 31.2 Å². The summed E-state index contributed by atoms with van der Waals surface area (Å²) < 4.78 is 0. The largest absolute Gasteiger partial charge is 0.315 e. The molecule has 0 bridgehead atoms. The number of carbonyl (C=O) groups is 1. The lowest BCUT2D eigenvalue weighted by atomic mass is 9.76. The van der Waals surface area contributed by atoms with Gasteiger partial charge < -0.3 is 5.73 Å². The van der Waals surface area contributed by atoms with Gasteiger partial charge in [0.1, 0.15) is 5.54 Å². The molecule has 0 aliphatic heterocycles. The summed E-state index contributed by atoms with van der Waals surface area (Å²) in [5.74, 6) is 0.120. The maximum atomic E-state index is 11.9. The Kier molecular flexibility index (Phi) is 2.76. The smallest absolute Gasteiger partial charge is 0.187 e. The molecule has 0 spiro atoms. The van der Waals surface area contributed by atoms with Crippen molar-refractivity contribution in [3.63, 3.8) is 0 Å². The Hall–Kier alpha value is -1.66. The van der Waals surface area contributed by atoms with Crippen molar-refractivity contribution in [2.45, 2.75) is 31.2 Å². The van der Waals surface area contributed by atoms with E-state index < -0.39 is 5.54 Å². The van der Waals surface area contributed by atoms with E-state index in [-0.39, 0.29) is 5.78 Å². The second-order valence-electron chi connectivity index (χ2n) is 4.26. The fraction of sp³-hybridized carbons (Fsp3) is 0.385. The first kappa shape index (κ1) is 10.8. The minimum atomic E-state index is -0.821. The number of Topliss-reactive ketones (excluding diaryl/α,β-unsaturated/α-hetero) is 1. The molecule has 3 heteroatoms. The number of hydrogen-bond acceptors (Lipinski definition) is 2. The lowest BCUT2D eigenvalue weighted by molar-refractivity contribution is -0.126. The molecule has 1 aliphatic carbocycles. The maximum Gasteiger partial charge on any atom is 0.187 e. The summed E-state index contributed by atoms with van der Waals surface area (Å²) in [5.41, 5.74) is 6.78. The molecule has 2 rings (SSSR count). The third kappa shape index (κ3) is 1.72. The molecule has 82 valence electrons. The van der Waals surface area contributed by atoms with Crippen molar-refractivity contribution >= 4 is 11.5 Å². The van der Waals surface area contributed by atoms with Crippen molar-refractivity contribution in [2.24, 2.45) is 5.73 Å². The average molecular weight is 214 g/mol. The Labute approximate surface area is 95.1 Å². The highest BCUT2D eigenvalue weighted by atomic mass is 16.1. The molecule has 0 saturated heterocycles. The Morgan fingerprint density at radius 3 is 2.50 bits per heavy atom. The van der Waals surface area contributed by atoms with E-state index in [2.05, 4.69) is 4.85 Å². The van der Waals surface area contributed by atoms with Crippen molar-refractivity contribution < 1.29 is 4.79 Å². The summed E-state index contributed by atoms with van der Waals surface area (Å²) in [6.45, 7) is 6.87. The van der Waals surface area contributed by atoms with Crippen molar-refractivity contribution in [2.75, 3.05) is 0 Å². The Balaban J connectivity index is 2.35. The molecule has 1 aliphatic rings. The van der Waals surface area contributed by atoms with Crippen molar-refractivity contribution in [3.8, 4) is 0 Å². The van der Waals surface area contributed by atoms with Crippen LogP contribution < -0.4 is 5.73 Å². The molecule has 2 N–H and O–H groups in total. The first-order valence-corrected chi connectivity index (χ1v) is 5.47. The van der Waals surface area contributed by atoms with E-state index in [1.165, 1.54) is 0 Å². The summed E-state index contributed by atoms with van der Waals surface area (Å²) in [7, 11) is 0. The lowest BCUT2D eigenvalue weighted by Gasteiger charge is -2.32. The standard InChI is InChI=1S/C13H14N2O/c1-15-11-7-5-10(6-8-11)13(14)9-3-2-4-12(13)16/h5-8H,2-4,9,14H2. The van der Waals surface area contributed by atoms with Crippen LogP contribution in [-0.2, 0) is 10.3 Å². The molecule has 0 amide bonds. The molecule has 1 unspecified atom stereocenters. The van der Waals surface area contributed by atoms with E-state index >= 15 is 0 Å². The number of ketones is 1. The quantitative estimate of drug-likeness (QED) is 0.730. The summed E-state index contributed by atoms with van der Waals surface area (Å²) in [6.07, 6.45) is 3.22. The fourth-order valence-corrected chi connectivity index (χ4v) is 2.19. The van der Waals surface area contributed by atoms with Crippen LogP contribution in [0.15, 0.2) is 24.3 Å². The second-order valence-corrected chi connectivity index (χ2v) is 4.26. The van der Waals surface area contributed by atoms with Crippen LogP contribution in [0, 0.1) is 6.57 Å². The molecule has 16 heavy (non-hydrogen) atoms.